The van der Waals surface area contributed by atoms with Gasteiger partial charge in [-0.25, -0.2) is 8.78 Å². The highest BCUT2D eigenvalue weighted by atomic mass is 32.2. The molecule has 3 rings (SSSR count). The smallest absolute Gasteiger partial charge is 0.191 e. The summed E-state index contributed by atoms with van der Waals surface area (Å²) < 4.78 is 34.2. The average Bonchev–Trinajstić information content (AvgIpc) is 2.97. The van der Waals surface area contributed by atoms with Crippen molar-refractivity contribution in [3.05, 3.63) is 71.6 Å². The van der Waals surface area contributed by atoms with Gasteiger partial charge in [-0.1, -0.05) is 30.0 Å². The third kappa shape index (κ3) is 4.17. The molecule has 0 aliphatic heterocycles. The Morgan fingerprint density at radius 2 is 1.80 bits per heavy atom. The first-order valence-corrected chi connectivity index (χ1v) is 8.71. The first kappa shape index (κ1) is 17.4. The number of nitrogens with zero attached hydrogens (tertiary/aromatic N) is 3. The summed E-state index contributed by atoms with van der Waals surface area (Å²) in [7, 11) is 1.84. The van der Waals surface area contributed by atoms with Gasteiger partial charge in [0.05, 0.1) is 0 Å². The Morgan fingerprint density at radius 3 is 2.52 bits per heavy atom. The first-order valence-electron chi connectivity index (χ1n) is 7.72. The molecule has 0 amide bonds. The molecule has 0 aliphatic rings. The zero-order valence-electron chi connectivity index (χ0n) is 13.8. The Hall–Kier alpha value is -2.41. The second kappa shape index (κ2) is 7.65. The number of halogens is 2. The van der Waals surface area contributed by atoms with E-state index in [1.54, 1.807) is 30.3 Å². The molecule has 3 aromatic rings. The van der Waals surface area contributed by atoms with Crippen LogP contribution in [0.25, 0.3) is 0 Å². The van der Waals surface area contributed by atoms with Crippen LogP contribution in [0.15, 0.2) is 53.7 Å². The Labute approximate surface area is 148 Å². The summed E-state index contributed by atoms with van der Waals surface area (Å²) in [6, 6.07) is 12.5. The molecular weight excluding hydrogens is 344 g/mol. The maximum absolute atomic E-state index is 13.7. The minimum Gasteiger partial charge on any atom is -0.483 e. The largest absolute Gasteiger partial charge is 0.483 e. The highest BCUT2D eigenvalue weighted by Gasteiger charge is 2.17. The van der Waals surface area contributed by atoms with Crippen LogP contribution >= 0.6 is 11.8 Å². The van der Waals surface area contributed by atoms with Gasteiger partial charge in [0.25, 0.3) is 0 Å². The fourth-order valence-electron chi connectivity index (χ4n) is 2.33. The van der Waals surface area contributed by atoms with Gasteiger partial charge in [-0.2, -0.15) is 0 Å². The normalized spacial score (nSPS) is 12.2. The average molecular weight is 361 g/mol. The standard InChI is InChI=1S/C18H17F2N3OS/c1-12(24-15-9-7-14(19)8-10-15)17-21-22-18(23(17)2)25-11-13-5-3-4-6-16(13)20/h3-10,12H,11H2,1-2H3. The monoisotopic (exact) mass is 361 g/mol. The molecule has 0 spiro atoms. The van der Waals surface area contributed by atoms with Crippen LogP contribution in [0.3, 0.4) is 0 Å². The third-order valence-corrected chi connectivity index (χ3v) is 4.74. The molecule has 1 heterocycles. The van der Waals surface area contributed by atoms with E-state index in [1.165, 1.54) is 30.0 Å². The summed E-state index contributed by atoms with van der Waals surface area (Å²) in [5, 5.41) is 8.99. The van der Waals surface area contributed by atoms with Crippen LogP contribution in [-0.4, -0.2) is 14.8 Å². The quantitative estimate of drug-likeness (QED) is 0.605. The molecule has 0 saturated heterocycles. The minimum atomic E-state index is -0.356. The summed E-state index contributed by atoms with van der Waals surface area (Å²) >= 11 is 1.41. The van der Waals surface area contributed by atoms with Crippen molar-refractivity contribution >= 4 is 11.8 Å². The van der Waals surface area contributed by atoms with E-state index in [2.05, 4.69) is 10.2 Å². The van der Waals surface area contributed by atoms with Crippen LogP contribution in [0.4, 0.5) is 8.78 Å². The number of rotatable bonds is 6. The molecule has 1 unspecified atom stereocenters. The van der Waals surface area contributed by atoms with Crippen molar-refractivity contribution in [3.63, 3.8) is 0 Å². The number of hydrogen-bond acceptors (Lipinski definition) is 4. The van der Waals surface area contributed by atoms with Crippen LogP contribution in [-0.2, 0) is 12.8 Å². The molecule has 0 N–H and O–H groups in total. The van der Waals surface area contributed by atoms with Crippen molar-refractivity contribution in [2.45, 2.75) is 23.9 Å². The van der Waals surface area contributed by atoms with Crippen molar-refractivity contribution < 1.29 is 13.5 Å². The highest BCUT2D eigenvalue weighted by Crippen LogP contribution is 2.26. The SMILES string of the molecule is CC(Oc1ccc(F)cc1)c1nnc(SCc2ccccc2F)n1C. The summed E-state index contributed by atoms with van der Waals surface area (Å²) in [5.41, 5.74) is 0.618. The molecule has 0 aliphatic carbocycles. The van der Waals surface area contributed by atoms with E-state index in [1.807, 2.05) is 18.5 Å². The Bertz CT molecular complexity index is 852. The fraction of sp³-hybridized carbons (Fsp3) is 0.222. The molecular formula is C18H17F2N3OS. The third-order valence-electron chi connectivity index (χ3n) is 3.67. The molecule has 1 atom stereocenters. The van der Waals surface area contributed by atoms with Crippen molar-refractivity contribution in [1.82, 2.24) is 14.8 Å². The van der Waals surface area contributed by atoms with E-state index in [0.29, 0.717) is 28.0 Å². The van der Waals surface area contributed by atoms with Crippen molar-refractivity contribution in [1.29, 1.82) is 0 Å². The Balaban J connectivity index is 1.67. The topological polar surface area (TPSA) is 39.9 Å². The van der Waals surface area contributed by atoms with Crippen molar-refractivity contribution in [2.24, 2.45) is 7.05 Å². The lowest BCUT2D eigenvalue weighted by molar-refractivity contribution is 0.211. The molecule has 0 bridgehead atoms. The lowest BCUT2D eigenvalue weighted by atomic mass is 10.2. The van der Waals surface area contributed by atoms with Crippen LogP contribution in [0.1, 0.15) is 24.4 Å². The van der Waals surface area contributed by atoms with E-state index in [0.717, 1.165) is 0 Å². The van der Waals surface area contributed by atoms with Crippen LogP contribution in [0.5, 0.6) is 5.75 Å². The van der Waals surface area contributed by atoms with E-state index in [4.69, 9.17) is 4.74 Å². The van der Waals surface area contributed by atoms with Gasteiger partial charge in [0.1, 0.15) is 17.4 Å². The fourth-order valence-corrected chi connectivity index (χ4v) is 3.24. The lowest BCUT2D eigenvalue weighted by Gasteiger charge is -2.14. The maximum atomic E-state index is 13.7. The van der Waals surface area contributed by atoms with Gasteiger partial charge in [-0.15, -0.1) is 10.2 Å². The summed E-state index contributed by atoms with van der Waals surface area (Å²) in [6.07, 6.45) is -0.356. The van der Waals surface area contributed by atoms with Gasteiger partial charge in [-0.05, 0) is 42.8 Å². The zero-order valence-corrected chi connectivity index (χ0v) is 14.6. The molecule has 25 heavy (non-hydrogen) atoms. The predicted octanol–water partition coefficient (Wildman–Crippen LogP) is 4.53. The summed E-state index contributed by atoms with van der Waals surface area (Å²) in [4.78, 5) is 0. The van der Waals surface area contributed by atoms with Gasteiger partial charge in [0.2, 0.25) is 0 Å². The Kier molecular flexibility index (Phi) is 5.33. The van der Waals surface area contributed by atoms with E-state index in [9.17, 15) is 8.78 Å². The zero-order chi connectivity index (χ0) is 17.8. The van der Waals surface area contributed by atoms with Gasteiger partial charge < -0.3 is 9.30 Å². The number of hydrogen-bond donors (Lipinski definition) is 0. The molecule has 130 valence electrons. The van der Waals surface area contributed by atoms with Gasteiger partial charge in [0, 0.05) is 12.8 Å². The molecule has 0 radical (unpaired) electrons. The van der Waals surface area contributed by atoms with Crippen LogP contribution in [0, 0.1) is 11.6 Å². The van der Waals surface area contributed by atoms with E-state index in [-0.39, 0.29) is 17.7 Å². The number of aromatic nitrogens is 3. The van der Waals surface area contributed by atoms with Gasteiger partial charge in [-0.3, -0.25) is 0 Å². The second-order valence-corrected chi connectivity index (χ2v) is 6.44. The minimum absolute atomic E-state index is 0.231. The van der Waals surface area contributed by atoms with Crippen molar-refractivity contribution in [3.8, 4) is 5.75 Å². The molecule has 0 saturated carbocycles. The predicted molar refractivity (Wildman–Crippen MR) is 92.4 cm³/mol. The van der Waals surface area contributed by atoms with Crippen molar-refractivity contribution in [2.75, 3.05) is 0 Å². The Morgan fingerprint density at radius 1 is 1.08 bits per heavy atom. The number of ether oxygens (including phenoxy) is 1. The van der Waals surface area contributed by atoms with Gasteiger partial charge >= 0.3 is 0 Å². The summed E-state index contributed by atoms with van der Waals surface area (Å²) in [6.45, 7) is 1.85. The van der Waals surface area contributed by atoms with E-state index < -0.39 is 0 Å². The highest BCUT2D eigenvalue weighted by molar-refractivity contribution is 7.98. The van der Waals surface area contributed by atoms with E-state index >= 15 is 0 Å². The molecule has 2 aromatic carbocycles. The van der Waals surface area contributed by atoms with Crippen LogP contribution in [0.2, 0.25) is 0 Å². The second-order valence-electron chi connectivity index (χ2n) is 5.49. The lowest BCUT2D eigenvalue weighted by Crippen LogP contribution is -2.10. The number of thioether (sulfide) groups is 1. The maximum Gasteiger partial charge on any atom is 0.191 e. The summed E-state index contributed by atoms with van der Waals surface area (Å²) in [5.74, 6) is 1.11. The first-order chi connectivity index (χ1) is 12.0. The molecule has 4 nitrogen and oxygen atoms in total. The number of benzene rings is 2. The molecule has 1 aromatic heterocycles. The van der Waals surface area contributed by atoms with Crippen LogP contribution < -0.4 is 4.74 Å². The molecule has 7 heteroatoms. The molecule has 0 fully saturated rings. The van der Waals surface area contributed by atoms with Gasteiger partial charge in [0.15, 0.2) is 17.1 Å².